The van der Waals surface area contributed by atoms with Crippen LogP contribution in [0.2, 0.25) is 0 Å². The third-order valence-corrected chi connectivity index (χ3v) is 6.17. The number of hydrogen-bond donors (Lipinski definition) is 1. The highest BCUT2D eigenvalue weighted by atomic mass is 16.5. The molecular formula is C20H27N3O3. The zero-order chi connectivity index (χ0) is 18.1. The molecule has 6 nitrogen and oxygen atoms in total. The largest absolute Gasteiger partial charge is 0.493 e. The zero-order valence-electron chi connectivity index (χ0n) is 15.4. The molecule has 3 aliphatic rings. The molecule has 0 bridgehead atoms. The number of hydrogen-bond acceptors (Lipinski definition) is 4. The van der Waals surface area contributed by atoms with Crippen molar-refractivity contribution in [3.05, 3.63) is 29.3 Å². The van der Waals surface area contributed by atoms with Gasteiger partial charge in [-0.3, -0.25) is 14.5 Å². The molecule has 3 aliphatic heterocycles. The van der Waals surface area contributed by atoms with Gasteiger partial charge in [0.05, 0.1) is 6.61 Å². The zero-order valence-corrected chi connectivity index (χ0v) is 15.4. The van der Waals surface area contributed by atoms with Crippen molar-refractivity contribution in [2.45, 2.75) is 37.6 Å². The Morgan fingerprint density at radius 3 is 3.00 bits per heavy atom. The number of carbonyl (C=O) groups excluding carboxylic acids is 2. The number of nitrogens with zero attached hydrogens (tertiary/aromatic N) is 2. The predicted octanol–water partition coefficient (Wildman–Crippen LogP) is 1.44. The van der Waals surface area contributed by atoms with Crippen LogP contribution < -0.4 is 10.1 Å². The van der Waals surface area contributed by atoms with Crippen molar-refractivity contribution in [2.24, 2.45) is 0 Å². The second kappa shape index (κ2) is 6.91. The molecule has 140 valence electrons. The Hall–Kier alpha value is -2.08. The summed E-state index contributed by atoms with van der Waals surface area (Å²) in [6.45, 7) is 3.69. The van der Waals surface area contributed by atoms with E-state index in [9.17, 15) is 9.59 Å². The van der Waals surface area contributed by atoms with Gasteiger partial charge >= 0.3 is 0 Å². The highest BCUT2D eigenvalue weighted by molar-refractivity contribution is 5.94. The fourth-order valence-electron chi connectivity index (χ4n) is 4.45. The molecule has 0 saturated carbocycles. The highest BCUT2D eigenvalue weighted by Crippen LogP contribution is 2.32. The first kappa shape index (κ1) is 17.3. The van der Waals surface area contributed by atoms with E-state index in [1.54, 1.807) is 0 Å². The molecule has 1 atom stereocenters. The van der Waals surface area contributed by atoms with Crippen molar-refractivity contribution in [1.29, 1.82) is 0 Å². The van der Waals surface area contributed by atoms with Crippen molar-refractivity contribution >= 4 is 11.8 Å². The molecule has 26 heavy (non-hydrogen) atoms. The fraction of sp³-hybridized carbons (Fsp3) is 0.600. The smallest absolute Gasteiger partial charge is 0.253 e. The Bertz CT molecular complexity index is 720. The van der Waals surface area contributed by atoms with Crippen LogP contribution >= 0.6 is 0 Å². The summed E-state index contributed by atoms with van der Waals surface area (Å²) in [5.74, 6) is 1.12. The maximum absolute atomic E-state index is 13.2. The van der Waals surface area contributed by atoms with Crippen LogP contribution in [0.1, 0.15) is 41.6 Å². The lowest BCUT2D eigenvalue weighted by molar-refractivity contribution is -0.121. The molecule has 1 aromatic carbocycles. The number of aryl methyl sites for hydroxylation is 1. The third-order valence-electron chi connectivity index (χ3n) is 6.17. The first-order valence-electron chi connectivity index (χ1n) is 9.60. The number of benzene rings is 1. The number of carbonyl (C=O) groups is 2. The van der Waals surface area contributed by atoms with Gasteiger partial charge in [-0.25, -0.2) is 0 Å². The molecule has 6 heteroatoms. The number of amides is 2. The minimum absolute atomic E-state index is 0.0920. The van der Waals surface area contributed by atoms with E-state index < -0.39 is 0 Å². The van der Waals surface area contributed by atoms with E-state index in [-0.39, 0.29) is 17.4 Å². The molecule has 1 spiro atoms. The summed E-state index contributed by atoms with van der Waals surface area (Å²) < 4.78 is 5.66. The van der Waals surface area contributed by atoms with Crippen molar-refractivity contribution in [3.8, 4) is 5.75 Å². The second-order valence-electron chi connectivity index (χ2n) is 7.75. The van der Waals surface area contributed by atoms with Crippen molar-refractivity contribution < 1.29 is 14.3 Å². The molecule has 1 N–H and O–H groups in total. The Labute approximate surface area is 154 Å². The van der Waals surface area contributed by atoms with Gasteiger partial charge < -0.3 is 15.0 Å². The minimum atomic E-state index is -0.107. The maximum atomic E-state index is 13.2. The van der Waals surface area contributed by atoms with Crippen molar-refractivity contribution in [2.75, 3.05) is 39.8 Å². The van der Waals surface area contributed by atoms with Gasteiger partial charge in [-0.1, -0.05) is 0 Å². The van der Waals surface area contributed by atoms with Crippen LogP contribution in [0, 0.1) is 0 Å². The summed E-state index contributed by atoms with van der Waals surface area (Å²) in [6.07, 6.45) is 4.19. The van der Waals surface area contributed by atoms with Crippen LogP contribution in [0.15, 0.2) is 18.2 Å². The normalized spacial score (nSPS) is 26.7. The lowest BCUT2D eigenvalue weighted by Gasteiger charge is -2.49. The molecule has 0 aliphatic carbocycles. The van der Waals surface area contributed by atoms with Gasteiger partial charge in [0.2, 0.25) is 5.91 Å². The lowest BCUT2D eigenvalue weighted by atomic mass is 9.86. The molecule has 4 rings (SSSR count). The van der Waals surface area contributed by atoms with E-state index in [4.69, 9.17) is 4.74 Å². The Morgan fingerprint density at radius 2 is 2.12 bits per heavy atom. The molecular weight excluding hydrogens is 330 g/mol. The van der Waals surface area contributed by atoms with Crippen LogP contribution in [0.3, 0.4) is 0 Å². The van der Waals surface area contributed by atoms with E-state index >= 15 is 0 Å². The van der Waals surface area contributed by atoms with Crippen LogP contribution in [0.5, 0.6) is 5.75 Å². The number of nitrogens with one attached hydrogen (secondary N) is 1. The first-order chi connectivity index (χ1) is 12.6. The molecule has 2 amide bonds. The summed E-state index contributed by atoms with van der Waals surface area (Å²) in [4.78, 5) is 29.2. The monoisotopic (exact) mass is 357 g/mol. The van der Waals surface area contributed by atoms with Crippen LogP contribution in [-0.2, 0) is 11.2 Å². The van der Waals surface area contributed by atoms with Gasteiger partial charge in [-0.15, -0.1) is 0 Å². The number of fused-ring (bicyclic) bond motifs is 1. The Balaban J connectivity index is 1.54. The minimum Gasteiger partial charge on any atom is -0.493 e. The van der Waals surface area contributed by atoms with Gasteiger partial charge in [0.1, 0.15) is 5.75 Å². The molecule has 2 saturated heterocycles. The SMILES string of the molecule is CN1CCN(C(=O)c2ccc3c(c2)CCCO3)C[C@@]12CCNC(=O)CC2. The topological polar surface area (TPSA) is 61.9 Å². The second-order valence-corrected chi connectivity index (χ2v) is 7.75. The molecule has 2 fully saturated rings. The van der Waals surface area contributed by atoms with E-state index in [1.807, 2.05) is 23.1 Å². The van der Waals surface area contributed by atoms with Gasteiger partial charge in [0.15, 0.2) is 0 Å². The summed E-state index contributed by atoms with van der Waals surface area (Å²) in [7, 11) is 2.12. The van der Waals surface area contributed by atoms with E-state index in [0.717, 1.165) is 62.3 Å². The predicted molar refractivity (Wildman–Crippen MR) is 98.4 cm³/mol. The van der Waals surface area contributed by atoms with Crippen molar-refractivity contribution in [1.82, 2.24) is 15.1 Å². The van der Waals surface area contributed by atoms with Crippen LogP contribution in [0.25, 0.3) is 0 Å². The van der Waals surface area contributed by atoms with Crippen molar-refractivity contribution in [3.63, 3.8) is 0 Å². The van der Waals surface area contributed by atoms with Gasteiger partial charge in [0.25, 0.3) is 5.91 Å². The summed E-state index contributed by atoms with van der Waals surface area (Å²) in [5, 5.41) is 2.96. The molecule has 0 unspecified atom stereocenters. The van der Waals surface area contributed by atoms with E-state index in [2.05, 4.69) is 17.3 Å². The quantitative estimate of drug-likeness (QED) is 0.826. The number of rotatable bonds is 1. The van der Waals surface area contributed by atoms with Gasteiger partial charge in [-0.05, 0) is 56.5 Å². The standard InChI is InChI=1S/C20H27N3O3/c1-22-10-11-23(14-20(22)7-6-18(24)21-9-8-20)19(25)16-4-5-17-15(13-16)3-2-12-26-17/h4-5,13H,2-3,6-12,14H2,1H3,(H,21,24)/t20-/m1/s1. The summed E-state index contributed by atoms with van der Waals surface area (Å²) in [6, 6.07) is 5.82. The maximum Gasteiger partial charge on any atom is 0.253 e. The average Bonchev–Trinajstić information content (AvgIpc) is 2.85. The molecule has 1 aromatic rings. The molecule has 0 aromatic heterocycles. The number of likely N-dealkylation sites (N-methyl/N-ethyl adjacent to an activating group) is 1. The van der Waals surface area contributed by atoms with E-state index in [0.29, 0.717) is 19.5 Å². The van der Waals surface area contributed by atoms with Crippen LogP contribution in [0.4, 0.5) is 0 Å². The first-order valence-corrected chi connectivity index (χ1v) is 9.60. The summed E-state index contributed by atoms with van der Waals surface area (Å²) in [5.41, 5.74) is 1.77. The Kier molecular flexibility index (Phi) is 4.61. The lowest BCUT2D eigenvalue weighted by Crippen LogP contribution is -2.62. The highest BCUT2D eigenvalue weighted by Gasteiger charge is 2.42. The summed E-state index contributed by atoms with van der Waals surface area (Å²) >= 11 is 0. The molecule has 0 radical (unpaired) electrons. The van der Waals surface area contributed by atoms with Crippen LogP contribution in [-0.4, -0.2) is 67.0 Å². The third kappa shape index (κ3) is 3.18. The Morgan fingerprint density at radius 1 is 1.23 bits per heavy atom. The van der Waals surface area contributed by atoms with E-state index in [1.165, 1.54) is 0 Å². The number of piperazine rings is 1. The molecule has 3 heterocycles. The van der Waals surface area contributed by atoms with Gasteiger partial charge in [-0.2, -0.15) is 0 Å². The average molecular weight is 357 g/mol. The fourth-order valence-corrected chi connectivity index (χ4v) is 4.45. The number of ether oxygens (including phenoxy) is 1. The van der Waals surface area contributed by atoms with Gasteiger partial charge in [0, 0.05) is 43.7 Å².